The predicted molar refractivity (Wildman–Crippen MR) is 137 cm³/mol. The van der Waals surface area contributed by atoms with Crippen molar-refractivity contribution in [3.05, 3.63) is 107 Å². The smallest absolute Gasteiger partial charge is 0.261 e. The van der Waals surface area contributed by atoms with E-state index in [1.165, 1.54) is 11.1 Å². The highest BCUT2D eigenvalue weighted by molar-refractivity contribution is 7.85. The summed E-state index contributed by atoms with van der Waals surface area (Å²) in [6, 6.07) is 27.6. The molecule has 1 N–H and O–H groups in total. The van der Waals surface area contributed by atoms with E-state index in [0.29, 0.717) is 6.26 Å². The Morgan fingerprint density at radius 2 is 0.938 bits per heavy atom. The zero-order chi connectivity index (χ0) is 25.0. The van der Waals surface area contributed by atoms with E-state index in [0.717, 1.165) is 17.5 Å². The van der Waals surface area contributed by atoms with Crippen molar-refractivity contribution in [1.29, 1.82) is 0 Å². The van der Waals surface area contributed by atoms with E-state index in [2.05, 4.69) is 12.1 Å². The van der Waals surface area contributed by atoms with Gasteiger partial charge in [0.05, 0.1) is 6.26 Å². The van der Waals surface area contributed by atoms with E-state index in [9.17, 15) is 13.2 Å². The van der Waals surface area contributed by atoms with Gasteiger partial charge in [-0.3, -0.25) is 9.35 Å². The number of hydrogen-bond acceptors (Lipinski definition) is 3. The summed E-state index contributed by atoms with van der Waals surface area (Å²) in [5.74, 6) is 0.0712. The summed E-state index contributed by atoms with van der Waals surface area (Å²) in [6.45, 7) is 12.0. The Morgan fingerprint density at radius 3 is 1.34 bits per heavy atom. The van der Waals surface area contributed by atoms with Gasteiger partial charge in [-0.15, -0.1) is 0 Å². The number of ketones is 1. The third-order valence-electron chi connectivity index (χ3n) is 3.50. The molecule has 0 aliphatic heterocycles. The lowest BCUT2D eigenvalue weighted by atomic mass is 9.99. The van der Waals surface area contributed by atoms with Gasteiger partial charge in [-0.1, -0.05) is 126 Å². The van der Waals surface area contributed by atoms with E-state index >= 15 is 0 Å². The Bertz CT molecular complexity index is 926. The van der Waals surface area contributed by atoms with Crippen LogP contribution >= 0.6 is 0 Å². The van der Waals surface area contributed by atoms with Crippen LogP contribution in [0, 0.1) is 0 Å². The fourth-order valence-electron chi connectivity index (χ4n) is 2.36. The Balaban J connectivity index is 0. The molecular formula is C27H38O4S. The molecule has 0 radical (unpaired) electrons. The minimum absolute atomic E-state index is 0.0712. The first kappa shape index (κ1) is 31.4. The largest absolute Gasteiger partial charge is 0.289 e. The minimum atomic E-state index is -3.67. The van der Waals surface area contributed by atoms with Crippen molar-refractivity contribution < 1.29 is 17.8 Å². The van der Waals surface area contributed by atoms with Crippen molar-refractivity contribution in [2.45, 2.75) is 48.0 Å². The Kier molecular flexibility index (Phi) is 18.6. The minimum Gasteiger partial charge on any atom is -0.289 e. The van der Waals surface area contributed by atoms with Crippen molar-refractivity contribution in [1.82, 2.24) is 0 Å². The highest BCUT2D eigenvalue weighted by atomic mass is 32.2. The molecule has 0 aromatic heterocycles. The van der Waals surface area contributed by atoms with E-state index in [-0.39, 0.29) is 5.78 Å². The first-order valence-electron chi connectivity index (χ1n) is 11.0. The molecule has 176 valence electrons. The second-order valence-corrected chi connectivity index (χ2v) is 7.25. The molecule has 0 heterocycles. The van der Waals surface area contributed by atoms with Gasteiger partial charge < -0.3 is 0 Å². The number of benzene rings is 3. The summed E-state index contributed by atoms with van der Waals surface area (Å²) in [5.41, 5.74) is 3.96. The Morgan fingerprint density at radius 1 is 0.625 bits per heavy atom. The third-order valence-corrected chi connectivity index (χ3v) is 3.50. The molecule has 0 saturated heterocycles. The molecular weight excluding hydrogens is 420 g/mol. The molecule has 3 aromatic rings. The lowest BCUT2D eigenvalue weighted by molar-refractivity contribution is 0.103. The van der Waals surface area contributed by atoms with Gasteiger partial charge in [0.1, 0.15) is 0 Å². The van der Waals surface area contributed by atoms with Crippen LogP contribution in [-0.4, -0.2) is 25.0 Å². The third kappa shape index (κ3) is 15.1. The van der Waals surface area contributed by atoms with Crippen LogP contribution in [0.4, 0.5) is 0 Å². The average molecular weight is 459 g/mol. The molecule has 5 heteroatoms. The highest BCUT2D eigenvalue weighted by Crippen LogP contribution is 2.13. The van der Waals surface area contributed by atoms with Gasteiger partial charge in [-0.05, 0) is 17.5 Å². The molecule has 0 saturated carbocycles. The van der Waals surface area contributed by atoms with Crippen molar-refractivity contribution in [3.63, 3.8) is 0 Å². The van der Waals surface area contributed by atoms with Crippen LogP contribution in [0.5, 0.6) is 0 Å². The number of carbonyl (C=O) groups excluding carboxylic acids is 1. The monoisotopic (exact) mass is 458 g/mol. The van der Waals surface area contributed by atoms with E-state index < -0.39 is 10.1 Å². The Hall–Kier alpha value is -2.76. The topological polar surface area (TPSA) is 71.4 Å². The van der Waals surface area contributed by atoms with Gasteiger partial charge in [0.15, 0.2) is 5.78 Å². The van der Waals surface area contributed by atoms with Crippen LogP contribution in [-0.2, 0) is 16.5 Å². The molecule has 32 heavy (non-hydrogen) atoms. The molecule has 0 bridgehead atoms. The van der Waals surface area contributed by atoms with Crippen LogP contribution in [0.15, 0.2) is 84.9 Å². The van der Waals surface area contributed by atoms with Crippen LogP contribution in [0.1, 0.15) is 68.6 Å². The zero-order valence-electron chi connectivity index (χ0n) is 20.4. The second-order valence-electron chi connectivity index (χ2n) is 5.79. The van der Waals surface area contributed by atoms with Gasteiger partial charge in [0.2, 0.25) is 0 Å². The predicted octanol–water partition coefficient (Wildman–Crippen LogP) is 7.09. The molecule has 4 nitrogen and oxygen atoms in total. The number of hydrogen-bond donors (Lipinski definition) is 1. The molecule has 3 aromatic carbocycles. The number of rotatable bonds is 4. The second kappa shape index (κ2) is 19.0. The van der Waals surface area contributed by atoms with Crippen molar-refractivity contribution in [2.75, 3.05) is 6.26 Å². The molecule has 0 spiro atoms. The molecule has 0 unspecified atom stereocenters. The van der Waals surface area contributed by atoms with Gasteiger partial charge in [-0.2, -0.15) is 8.42 Å². The first-order valence-corrected chi connectivity index (χ1v) is 12.8. The van der Waals surface area contributed by atoms with E-state index in [1.54, 1.807) is 0 Å². The molecule has 3 rings (SSSR count). The maximum Gasteiger partial charge on any atom is 0.261 e. The normalized spacial score (nSPS) is 9.12. The van der Waals surface area contributed by atoms with Crippen molar-refractivity contribution in [2.24, 2.45) is 0 Å². The average Bonchev–Trinajstić information content (AvgIpc) is 2.83. The van der Waals surface area contributed by atoms with Crippen molar-refractivity contribution in [3.8, 4) is 0 Å². The fraction of sp³-hybridized carbons (Fsp3) is 0.296. The lowest BCUT2D eigenvalue weighted by Gasteiger charge is -2.04. The van der Waals surface area contributed by atoms with Crippen LogP contribution < -0.4 is 0 Å². The van der Waals surface area contributed by atoms with Gasteiger partial charge in [0.25, 0.3) is 10.1 Å². The van der Waals surface area contributed by atoms with Gasteiger partial charge in [0, 0.05) is 11.1 Å². The van der Waals surface area contributed by atoms with Crippen LogP contribution in [0.25, 0.3) is 0 Å². The molecule has 0 aliphatic carbocycles. The van der Waals surface area contributed by atoms with Crippen LogP contribution in [0.2, 0.25) is 0 Å². The van der Waals surface area contributed by atoms with E-state index in [4.69, 9.17) is 4.55 Å². The SMILES string of the molecule is CC.CC.CC.CS(=O)(=O)O.O=C(c1ccccc1)c1ccc(Cc2ccccc2)cc1. The standard InChI is InChI=1S/C20H16O.3C2H6.CH4O3S/c21-20(18-9-5-2-6-10-18)19-13-11-17(12-14-19)15-16-7-3-1-4-8-16;3*1-2;1-5(2,3)4/h1-14H,15H2;3*1-2H3;1H3,(H,2,3,4). The van der Waals surface area contributed by atoms with Gasteiger partial charge in [-0.25, -0.2) is 0 Å². The summed E-state index contributed by atoms with van der Waals surface area (Å²) >= 11 is 0. The number of carbonyl (C=O) groups is 1. The van der Waals surface area contributed by atoms with Crippen LogP contribution in [0.3, 0.4) is 0 Å². The molecule has 0 atom stereocenters. The summed E-state index contributed by atoms with van der Waals surface area (Å²) in [4.78, 5) is 12.3. The first-order chi connectivity index (χ1) is 15.3. The molecule has 0 amide bonds. The Labute approximate surface area is 195 Å². The maximum absolute atomic E-state index is 12.3. The highest BCUT2D eigenvalue weighted by Gasteiger charge is 2.08. The zero-order valence-corrected chi connectivity index (χ0v) is 21.2. The van der Waals surface area contributed by atoms with Crippen molar-refractivity contribution >= 4 is 15.9 Å². The summed E-state index contributed by atoms with van der Waals surface area (Å²) in [5, 5.41) is 0. The summed E-state index contributed by atoms with van der Waals surface area (Å²) in [7, 11) is -3.67. The fourth-order valence-corrected chi connectivity index (χ4v) is 2.36. The molecule has 0 aliphatic rings. The lowest BCUT2D eigenvalue weighted by Crippen LogP contribution is -2.01. The quantitative estimate of drug-likeness (QED) is 0.334. The maximum atomic E-state index is 12.3. The van der Waals surface area contributed by atoms with Gasteiger partial charge >= 0.3 is 0 Å². The molecule has 0 fully saturated rings. The summed E-state index contributed by atoms with van der Waals surface area (Å²) in [6.07, 6.45) is 1.60. The summed E-state index contributed by atoms with van der Waals surface area (Å²) < 4.78 is 25.9. The van der Waals surface area contributed by atoms with E-state index in [1.807, 2.05) is 114 Å².